The van der Waals surface area contributed by atoms with E-state index in [-0.39, 0.29) is 6.03 Å². The maximum atomic E-state index is 11.8. The molecule has 1 aromatic carbocycles. The van der Waals surface area contributed by atoms with Gasteiger partial charge in [-0.2, -0.15) is 5.10 Å². The third-order valence-corrected chi connectivity index (χ3v) is 3.91. The fraction of sp³-hybridized carbons (Fsp3) is 0.158. The topological polar surface area (TPSA) is 71.6 Å². The van der Waals surface area contributed by atoms with Crippen LogP contribution in [0.1, 0.15) is 22.7 Å². The highest BCUT2D eigenvalue weighted by molar-refractivity contribution is 5.90. The van der Waals surface area contributed by atoms with Crippen LogP contribution in [0.3, 0.4) is 0 Å². The molecule has 0 spiro atoms. The molecule has 0 fully saturated rings. The van der Waals surface area contributed by atoms with Gasteiger partial charge in [0, 0.05) is 22.6 Å². The van der Waals surface area contributed by atoms with E-state index < -0.39 is 0 Å². The normalized spacial score (nSPS) is 11.0. The molecule has 2 heterocycles. The van der Waals surface area contributed by atoms with Crippen LogP contribution in [-0.2, 0) is 6.54 Å². The summed E-state index contributed by atoms with van der Waals surface area (Å²) in [6.07, 6.45) is 3.31. The van der Waals surface area contributed by atoms with Crippen molar-refractivity contribution in [1.29, 1.82) is 0 Å². The van der Waals surface area contributed by atoms with E-state index in [1.807, 2.05) is 62.4 Å². The number of urea groups is 1. The minimum absolute atomic E-state index is 0.383. The van der Waals surface area contributed by atoms with Crippen molar-refractivity contribution in [3.05, 3.63) is 77.5 Å². The molecule has 3 rings (SSSR count). The van der Waals surface area contributed by atoms with Gasteiger partial charge in [-0.3, -0.25) is 0 Å². The lowest BCUT2D eigenvalue weighted by molar-refractivity contribution is 0.252. The zero-order chi connectivity index (χ0) is 17.6. The van der Waals surface area contributed by atoms with Gasteiger partial charge in [0.1, 0.15) is 5.76 Å². The van der Waals surface area contributed by atoms with E-state index in [2.05, 4.69) is 20.4 Å². The lowest BCUT2D eigenvalue weighted by Gasteiger charge is -2.07. The molecule has 0 atom stereocenters. The Morgan fingerprint density at radius 2 is 2.00 bits per heavy atom. The van der Waals surface area contributed by atoms with Crippen molar-refractivity contribution < 1.29 is 9.21 Å². The van der Waals surface area contributed by atoms with Crippen LogP contribution in [-0.4, -0.2) is 16.8 Å². The average molecular weight is 336 g/mol. The van der Waals surface area contributed by atoms with Crippen molar-refractivity contribution in [3.63, 3.8) is 0 Å². The number of hydrazone groups is 1. The first-order chi connectivity index (χ1) is 12.1. The summed E-state index contributed by atoms with van der Waals surface area (Å²) in [4.78, 5) is 11.8. The summed E-state index contributed by atoms with van der Waals surface area (Å²) in [6, 6.07) is 14.7. The first-order valence-electron chi connectivity index (χ1n) is 7.97. The second kappa shape index (κ2) is 7.53. The summed E-state index contributed by atoms with van der Waals surface area (Å²) < 4.78 is 7.55. The van der Waals surface area contributed by atoms with Crippen LogP contribution in [0.25, 0.3) is 0 Å². The number of rotatable bonds is 5. The molecule has 0 aliphatic heterocycles. The van der Waals surface area contributed by atoms with Crippen LogP contribution in [0.4, 0.5) is 10.5 Å². The van der Waals surface area contributed by atoms with Gasteiger partial charge in [0.2, 0.25) is 0 Å². The van der Waals surface area contributed by atoms with Gasteiger partial charge < -0.3 is 14.3 Å². The van der Waals surface area contributed by atoms with E-state index in [1.54, 1.807) is 12.5 Å². The zero-order valence-electron chi connectivity index (χ0n) is 14.2. The molecule has 6 nitrogen and oxygen atoms in total. The Bertz CT molecular complexity index is 864. The highest BCUT2D eigenvalue weighted by atomic mass is 16.3. The lowest BCUT2D eigenvalue weighted by Crippen LogP contribution is -2.24. The fourth-order valence-corrected chi connectivity index (χ4v) is 2.60. The van der Waals surface area contributed by atoms with E-state index in [0.29, 0.717) is 12.2 Å². The minimum Gasteiger partial charge on any atom is -0.467 e. The molecule has 0 bridgehead atoms. The molecule has 128 valence electrons. The van der Waals surface area contributed by atoms with Crippen molar-refractivity contribution >= 4 is 17.9 Å². The molecule has 2 aromatic heterocycles. The maximum absolute atomic E-state index is 11.8. The summed E-state index contributed by atoms with van der Waals surface area (Å²) >= 11 is 0. The predicted octanol–water partition coefficient (Wildman–Crippen LogP) is 3.90. The number of furan rings is 1. The molecule has 3 aromatic rings. The van der Waals surface area contributed by atoms with Gasteiger partial charge in [-0.15, -0.1) is 0 Å². The highest BCUT2D eigenvalue weighted by Crippen LogP contribution is 2.16. The SMILES string of the molecule is Cc1cc(/C=N\NC(=O)Nc2ccccc2)c(C)n1Cc1ccco1. The molecule has 25 heavy (non-hydrogen) atoms. The number of anilines is 1. The fourth-order valence-electron chi connectivity index (χ4n) is 2.60. The number of hydrogen-bond acceptors (Lipinski definition) is 3. The van der Waals surface area contributed by atoms with Gasteiger partial charge in [0.25, 0.3) is 0 Å². The molecule has 6 heteroatoms. The van der Waals surface area contributed by atoms with E-state index >= 15 is 0 Å². The molecule has 0 aliphatic carbocycles. The van der Waals surface area contributed by atoms with Gasteiger partial charge >= 0.3 is 6.03 Å². The number of aromatic nitrogens is 1. The standard InChI is InChI=1S/C19H20N4O2/c1-14-11-16(15(2)23(14)13-18-9-6-10-25-18)12-20-22-19(24)21-17-7-4-3-5-8-17/h3-12H,13H2,1-2H3,(H2,21,22,24)/b20-12-. The number of carbonyl (C=O) groups is 1. The molecular formula is C19H20N4O2. The predicted molar refractivity (Wildman–Crippen MR) is 97.9 cm³/mol. The van der Waals surface area contributed by atoms with E-state index in [1.165, 1.54) is 0 Å². The Morgan fingerprint density at radius 3 is 2.72 bits per heavy atom. The average Bonchev–Trinajstić information content (AvgIpc) is 3.20. The molecule has 0 aliphatic rings. The van der Waals surface area contributed by atoms with Crippen molar-refractivity contribution in [2.24, 2.45) is 5.10 Å². The highest BCUT2D eigenvalue weighted by Gasteiger charge is 2.09. The van der Waals surface area contributed by atoms with Crippen LogP contribution >= 0.6 is 0 Å². The Labute approximate surface area is 146 Å². The Hall–Kier alpha value is -3.28. The molecule has 0 radical (unpaired) electrons. The molecule has 2 N–H and O–H groups in total. The van der Waals surface area contributed by atoms with Gasteiger partial charge in [-0.05, 0) is 44.2 Å². The molecule has 0 unspecified atom stereocenters. The number of benzene rings is 1. The van der Waals surface area contributed by atoms with Gasteiger partial charge in [0.05, 0.1) is 19.0 Å². The summed E-state index contributed by atoms with van der Waals surface area (Å²) in [5.41, 5.74) is 6.29. The Balaban J connectivity index is 1.62. The second-order valence-corrected chi connectivity index (χ2v) is 5.68. The first kappa shape index (κ1) is 16.6. The summed E-state index contributed by atoms with van der Waals surface area (Å²) in [7, 11) is 0. The van der Waals surface area contributed by atoms with Crippen LogP contribution < -0.4 is 10.7 Å². The summed E-state index contributed by atoms with van der Waals surface area (Å²) in [5, 5.41) is 6.73. The van der Waals surface area contributed by atoms with Crippen molar-refractivity contribution in [1.82, 2.24) is 9.99 Å². The lowest BCUT2D eigenvalue weighted by atomic mass is 10.3. The van der Waals surface area contributed by atoms with Gasteiger partial charge in [0.15, 0.2) is 0 Å². The third kappa shape index (κ3) is 4.17. The summed E-state index contributed by atoms with van der Waals surface area (Å²) in [5.74, 6) is 0.894. The largest absolute Gasteiger partial charge is 0.467 e. The summed E-state index contributed by atoms with van der Waals surface area (Å²) in [6.45, 7) is 4.71. The quantitative estimate of drug-likeness (QED) is 0.548. The van der Waals surface area contributed by atoms with Crippen LogP contribution in [0, 0.1) is 13.8 Å². The number of nitrogens with zero attached hydrogens (tertiary/aromatic N) is 2. The second-order valence-electron chi connectivity index (χ2n) is 5.68. The number of aryl methyl sites for hydroxylation is 1. The zero-order valence-corrected chi connectivity index (χ0v) is 14.2. The van der Waals surface area contributed by atoms with Gasteiger partial charge in [-0.1, -0.05) is 18.2 Å². The number of para-hydroxylation sites is 1. The smallest absolute Gasteiger partial charge is 0.339 e. The molecular weight excluding hydrogens is 316 g/mol. The van der Waals surface area contributed by atoms with E-state index in [9.17, 15) is 4.79 Å². The Kier molecular flexibility index (Phi) is 4.99. The minimum atomic E-state index is -0.383. The van der Waals surface area contributed by atoms with Crippen LogP contribution in [0.2, 0.25) is 0 Å². The van der Waals surface area contributed by atoms with Crippen molar-refractivity contribution in [2.45, 2.75) is 20.4 Å². The number of carbonyl (C=O) groups excluding carboxylic acids is 1. The third-order valence-electron chi connectivity index (χ3n) is 3.91. The molecule has 0 saturated heterocycles. The number of nitrogens with one attached hydrogen (secondary N) is 2. The van der Waals surface area contributed by atoms with E-state index in [0.717, 1.165) is 22.7 Å². The monoisotopic (exact) mass is 336 g/mol. The van der Waals surface area contributed by atoms with Gasteiger partial charge in [-0.25, -0.2) is 10.2 Å². The van der Waals surface area contributed by atoms with Crippen molar-refractivity contribution in [3.8, 4) is 0 Å². The molecule has 2 amide bonds. The van der Waals surface area contributed by atoms with Crippen molar-refractivity contribution in [2.75, 3.05) is 5.32 Å². The van der Waals surface area contributed by atoms with E-state index in [4.69, 9.17) is 4.42 Å². The first-order valence-corrected chi connectivity index (χ1v) is 7.97. The maximum Gasteiger partial charge on any atom is 0.339 e. The number of hydrogen-bond donors (Lipinski definition) is 2. The number of amides is 2. The Morgan fingerprint density at radius 1 is 1.20 bits per heavy atom. The molecule has 0 saturated carbocycles. The van der Waals surface area contributed by atoms with Crippen LogP contribution in [0.5, 0.6) is 0 Å². The van der Waals surface area contributed by atoms with Crippen LogP contribution in [0.15, 0.2) is 64.3 Å².